The van der Waals surface area contributed by atoms with Crippen molar-refractivity contribution in [2.45, 2.75) is 12.7 Å². The topological polar surface area (TPSA) is 113 Å². The van der Waals surface area contributed by atoms with Crippen molar-refractivity contribution in [2.24, 2.45) is 5.73 Å². The second kappa shape index (κ2) is 4.89. The highest BCUT2D eigenvalue weighted by Gasteiger charge is 2.29. The van der Waals surface area contributed by atoms with Gasteiger partial charge in [0.25, 0.3) is 0 Å². The van der Waals surface area contributed by atoms with E-state index in [1.54, 1.807) is 0 Å². The molecule has 0 spiro atoms. The molecule has 0 aliphatic carbocycles. The van der Waals surface area contributed by atoms with Gasteiger partial charge in [-0.25, -0.2) is 0 Å². The van der Waals surface area contributed by atoms with Crippen LogP contribution in [0.4, 0.5) is 19.0 Å². The van der Waals surface area contributed by atoms with Crippen LogP contribution in [0.1, 0.15) is 5.56 Å². The van der Waals surface area contributed by atoms with Crippen LogP contribution in [-0.4, -0.2) is 31.3 Å². The summed E-state index contributed by atoms with van der Waals surface area (Å²) in [5, 5.41) is 5.77. The van der Waals surface area contributed by atoms with Gasteiger partial charge in [-0.1, -0.05) is 0 Å². The summed E-state index contributed by atoms with van der Waals surface area (Å²) in [6, 6.07) is 0. The van der Waals surface area contributed by atoms with Gasteiger partial charge in [0, 0.05) is 12.1 Å². The Kier molecular flexibility index (Phi) is 3.95. The molecule has 7 nitrogen and oxygen atoms in total. The lowest BCUT2D eigenvalue weighted by Gasteiger charge is -2.10. The van der Waals surface area contributed by atoms with E-state index in [2.05, 4.69) is 10.2 Å². The summed E-state index contributed by atoms with van der Waals surface area (Å²) in [6.07, 6.45) is -3.36. The van der Waals surface area contributed by atoms with E-state index in [4.69, 9.17) is 5.73 Å². The molecule has 5 N–H and O–H groups in total. The van der Waals surface area contributed by atoms with E-state index in [0.29, 0.717) is 5.56 Å². The molecular weight excluding hydrogens is 263 g/mol. The second-order valence-electron chi connectivity index (χ2n) is 3.02. The lowest BCUT2D eigenvalue weighted by Crippen LogP contribution is -2.37. The van der Waals surface area contributed by atoms with Gasteiger partial charge in [0.15, 0.2) is 0 Å². The zero-order chi connectivity index (χ0) is 13.1. The number of anilines is 1. The molecule has 0 bridgehead atoms. The maximum absolute atomic E-state index is 11.8. The van der Waals surface area contributed by atoms with Gasteiger partial charge in [0.05, 0.1) is 6.20 Å². The molecule has 1 heterocycles. The summed E-state index contributed by atoms with van der Waals surface area (Å²) < 4.78 is 61.0. The molecule has 1 aromatic heterocycles. The number of alkyl halides is 3. The van der Waals surface area contributed by atoms with Gasteiger partial charge in [-0.15, -0.1) is 0 Å². The molecule has 1 aromatic rings. The number of nitrogens with zero attached hydrogens (tertiary/aromatic N) is 1. The van der Waals surface area contributed by atoms with E-state index in [0.717, 1.165) is 0 Å². The van der Waals surface area contributed by atoms with E-state index in [9.17, 15) is 21.6 Å². The SMILES string of the molecule is NCc1cn[nH]c1NS(=O)(=O)NCC(F)(F)F. The second-order valence-corrected chi connectivity index (χ2v) is 4.52. The number of aromatic nitrogens is 2. The quantitative estimate of drug-likeness (QED) is 0.588. The highest BCUT2D eigenvalue weighted by atomic mass is 32.2. The number of nitrogens with one attached hydrogen (secondary N) is 3. The summed E-state index contributed by atoms with van der Waals surface area (Å²) >= 11 is 0. The van der Waals surface area contributed by atoms with Gasteiger partial charge in [-0.2, -0.15) is 31.4 Å². The molecule has 0 aliphatic heterocycles. The number of nitrogens with two attached hydrogens (primary N) is 1. The van der Waals surface area contributed by atoms with Crippen LogP contribution in [0.2, 0.25) is 0 Å². The Bertz CT molecular complexity index is 468. The number of aromatic amines is 1. The monoisotopic (exact) mass is 273 g/mol. The molecule has 1 rings (SSSR count). The normalized spacial score (nSPS) is 12.7. The Balaban J connectivity index is 2.67. The molecule has 0 fully saturated rings. The molecule has 0 unspecified atom stereocenters. The molecule has 0 atom stereocenters. The van der Waals surface area contributed by atoms with Gasteiger partial charge < -0.3 is 5.73 Å². The van der Waals surface area contributed by atoms with Crippen LogP contribution in [0.25, 0.3) is 0 Å². The Morgan fingerprint density at radius 1 is 1.47 bits per heavy atom. The van der Waals surface area contributed by atoms with Crippen LogP contribution in [0.3, 0.4) is 0 Å². The summed E-state index contributed by atoms with van der Waals surface area (Å²) in [7, 11) is -4.32. The van der Waals surface area contributed by atoms with Crippen molar-refractivity contribution in [3.63, 3.8) is 0 Å². The van der Waals surface area contributed by atoms with Crippen molar-refractivity contribution >= 4 is 16.0 Å². The first-order valence-electron chi connectivity index (χ1n) is 4.30. The first kappa shape index (κ1) is 13.7. The average Bonchev–Trinajstić information content (AvgIpc) is 2.61. The predicted molar refractivity (Wildman–Crippen MR) is 53.1 cm³/mol. The van der Waals surface area contributed by atoms with Crippen molar-refractivity contribution in [1.82, 2.24) is 14.9 Å². The number of rotatable bonds is 5. The van der Waals surface area contributed by atoms with E-state index in [1.165, 1.54) is 10.9 Å². The summed E-state index contributed by atoms with van der Waals surface area (Å²) in [5.74, 6) is -0.0674. The molecule has 98 valence electrons. The fraction of sp³-hybridized carbons (Fsp3) is 0.500. The Labute approximate surface area is 94.8 Å². The van der Waals surface area contributed by atoms with Crippen molar-refractivity contribution in [2.75, 3.05) is 11.3 Å². The number of H-pyrrole nitrogens is 1. The van der Waals surface area contributed by atoms with Crippen LogP contribution in [0.15, 0.2) is 6.20 Å². The maximum atomic E-state index is 11.8. The summed E-state index contributed by atoms with van der Waals surface area (Å²) in [6.45, 7) is -1.66. The average molecular weight is 273 g/mol. The highest BCUT2D eigenvalue weighted by Crippen LogP contribution is 2.14. The minimum atomic E-state index is -4.63. The van der Waals surface area contributed by atoms with Gasteiger partial charge in [0.2, 0.25) is 0 Å². The van der Waals surface area contributed by atoms with Crippen molar-refractivity contribution in [1.29, 1.82) is 0 Å². The van der Waals surface area contributed by atoms with Gasteiger partial charge in [-0.3, -0.25) is 9.82 Å². The first-order valence-corrected chi connectivity index (χ1v) is 5.78. The third-order valence-electron chi connectivity index (χ3n) is 1.64. The minimum absolute atomic E-state index is 0.00633. The van der Waals surface area contributed by atoms with Crippen molar-refractivity contribution in [3.8, 4) is 0 Å². The lowest BCUT2D eigenvalue weighted by atomic mass is 10.3. The van der Waals surface area contributed by atoms with Gasteiger partial charge in [-0.05, 0) is 0 Å². The molecule has 0 aromatic carbocycles. The third kappa shape index (κ3) is 4.58. The number of hydrogen-bond donors (Lipinski definition) is 4. The molecule has 0 radical (unpaired) electrons. The molecule has 11 heteroatoms. The number of halogens is 3. The largest absolute Gasteiger partial charge is 0.402 e. The highest BCUT2D eigenvalue weighted by molar-refractivity contribution is 7.90. The Morgan fingerprint density at radius 3 is 2.65 bits per heavy atom. The molecule has 0 saturated carbocycles. The van der Waals surface area contributed by atoms with E-state index >= 15 is 0 Å². The molecule has 17 heavy (non-hydrogen) atoms. The summed E-state index contributed by atoms with van der Waals surface area (Å²) in [5.41, 5.74) is 5.60. The van der Waals surface area contributed by atoms with Crippen molar-refractivity contribution < 1.29 is 21.6 Å². The van der Waals surface area contributed by atoms with Crippen LogP contribution in [0, 0.1) is 0 Å². The Hall–Kier alpha value is -1.33. The fourth-order valence-electron chi connectivity index (χ4n) is 0.902. The van der Waals surface area contributed by atoms with Crippen LogP contribution < -0.4 is 15.2 Å². The van der Waals surface area contributed by atoms with E-state index < -0.39 is 22.9 Å². The van der Waals surface area contributed by atoms with Gasteiger partial charge in [0.1, 0.15) is 12.4 Å². The van der Waals surface area contributed by atoms with Crippen molar-refractivity contribution in [3.05, 3.63) is 11.8 Å². The van der Waals surface area contributed by atoms with Crippen LogP contribution >= 0.6 is 0 Å². The third-order valence-corrected chi connectivity index (χ3v) is 2.63. The van der Waals surface area contributed by atoms with Crippen LogP contribution in [-0.2, 0) is 16.8 Å². The van der Waals surface area contributed by atoms with E-state index in [-0.39, 0.29) is 12.4 Å². The molecule has 0 amide bonds. The molecule has 0 saturated heterocycles. The fourth-order valence-corrected chi connectivity index (χ4v) is 1.77. The smallest absolute Gasteiger partial charge is 0.326 e. The molecule has 0 aliphatic rings. The maximum Gasteiger partial charge on any atom is 0.402 e. The summed E-state index contributed by atoms with van der Waals surface area (Å²) in [4.78, 5) is 0. The first-order chi connectivity index (χ1) is 7.73. The predicted octanol–water partition coefficient (Wildman–Crippen LogP) is -0.323. The lowest BCUT2D eigenvalue weighted by molar-refractivity contribution is -0.121. The van der Waals surface area contributed by atoms with Gasteiger partial charge >= 0.3 is 16.4 Å². The zero-order valence-electron chi connectivity index (χ0n) is 8.37. The molecular formula is C6H10F3N5O2S. The standard InChI is InChI=1S/C6H10F3N5O2S/c7-6(8,9)3-12-17(15,16)14-5-4(1-10)2-11-13-5/h2,12H,1,3,10H2,(H2,11,13,14). The van der Waals surface area contributed by atoms with Crippen LogP contribution in [0.5, 0.6) is 0 Å². The minimum Gasteiger partial charge on any atom is -0.326 e. The van der Waals surface area contributed by atoms with E-state index in [1.807, 2.05) is 4.72 Å². The zero-order valence-corrected chi connectivity index (χ0v) is 9.19. The Morgan fingerprint density at radius 2 is 2.12 bits per heavy atom. The number of hydrogen-bond acceptors (Lipinski definition) is 4.